The average molecular weight is 333 g/mol. The molecule has 1 fully saturated rings. The molecule has 2 atom stereocenters. The molecule has 0 bridgehead atoms. The van der Waals surface area contributed by atoms with E-state index in [2.05, 4.69) is 53.7 Å². The number of hydrogen-bond acceptors (Lipinski definition) is 3. The van der Waals surface area contributed by atoms with Crippen molar-refractivity contribution >= 4 is 5.96 Å². The van der Waals surface area contributed by atoms with Crippen molar-refractivity contribution in [2.24, 2.45) is 4.99 Å². The molecule has 2 rings (SSSR count). The van der Waals surface area contributed by atoms with Crippen LogP contribution in [0.3, 0.4) is 0 Å². The molecule has 1 aromatic rings. The molecule has 24 heavy (non-hydrogen) atoms. The Bertz CT molecular complexity index is 513. The number of ether oxygens (including phenoxy) is 1. The highest BCUT2D eigenvalue weighted by molar-refractivity contribution is 5.80. The van der Waals surface area contributed by atoms with Gasteiger partial charge in [0.15, 0.2) is 5.96 Å². The standard InChI is InChI=1S/C19H31N3O2/c1-4-20-18(21-14-19(23)10-12-24-13-11-19)22-16(3)15(2)17-8-6-5-7-9-17/h5-9,15-16,23H,4,10-14H2,1-3H3,(H2,20,21,22). The zero-order chi connectivity index (χ0) is 17.4. The van der Waals surface area contributed by atoms with E-state index in [0.29, 0.717) is 38.5 Å². The van der Waals surface area contributed by atoms with Gasteiger partial charge in [-0.1, -0.05) is 37.3 Å². The number of aliphatic hydroxyl groups is 1. The molecule has 0 amide bonds. The number of nitrogens with zero attached hydrogens (tertiary/aromatic N) is 1. The van der Waals surface area contributed by atoms with Crippen molar-refractivity contribution in [3.8, 4) is 0 Å². The van der Waals surface area contributed by atoms with Crippen molar-refractivity contribution in [1.29, 1.82) is 0 Å². The van der Waals surface area contributed by atoms with Gasteiger partial charge in [-0.05, 0) is 19.4 Å². The van der Waals surface area contributed by atoms with Gasteiger partial charge in [-0.2, -0.15) is 0 Å². The van der Waals surface area contributed by atoms with Crippen molar-refractivity contribution in [1.82, 2.24) is 10.6 Å². The number of aliphatic imine (C=N–C) groups is 1. The van der Waals surface area contributed by atoms with Crippen molar-refractivity contribution in [2.45, 2.75) is 51.2 Å². The Balaban J connectivity index is 1.97. The summed E-state index contributed by atoms with van der Waals surface area (Å²) in [5.41, 5.74) is 0.561. The normalized spacial score (nSPS) is 20.2. The third-order valence-corrected chi connectivity index (χ3v) is 4.74. The summed E-state index contributed by atoms with van der Waals surface area (Å²) in [5, 5.41) is 17.3. The first-order valence-electron chi connectivity index (χ1n) is 8.94. The molecular formula is C19H31N3O2. The Morgan fingerprint density at radius 2 is 1.92 bits per heavy atom. The Labute approximate surface area is 145 Å². The number of hydrogen-bond donors (Lipinski definition) is 3. The van der Waals surface area contributed by atoms with Crippen LogP contribution in [0.15, 0.2) is 35.3 Å². The Morgan fingerprint density at radius 1 is 1.25 bits per heavy atom. The first kappa shape index (κ1) is 18.7. The number of rotatable bonds is 6. The van der Waals surface area contributed by atoms with Gasteiger partial charge in [0.1, 0.15) is 0 Å². The predicted molar refractivity (Wildman–Crippen MR) is 98.4 cm³/mol. The third-order valence-electron chi connectivity index (χ3n) is 4.74. The summed E-state index contributed by atoms with van der Waals surface area (Å²) in [4.78, 5) is 4.61. The maximum Gasteiger partial charge on any atom is 0.191 e. The summed E-state index contributed by atoms with van der Waals surface area (Å²) in [5.74, 6) is 1.12. The largest absolute Gasteiger partial charge is 0.388 e. The zero-order valence-electron chi connectivity index (χ0n) is 15.1. The highest BCUT2D eigenvalue weighted by atomic mass is 16.5. The molecule has 5 heteroatoms. The SMILES string of the molecule is CCNC(=NCC1(O)CCOCC1)NC(C)C(C)c1ccccc1. The zero-order valence-corrected chi connectivity index (χ0v) is 15.1. The van der Waals surface area contributed by atoms with E-state index in [4.69, 9.17) is 4.74 Å². The van der Waals surface area contributed by atoms with Crippen molar-refractivity contribution in [3.05, 3.63) is 35.9 Å². The Morgan fingerprint density at radius 3 is 2.54 bits per heavy atom. The molecule has 1 aliphatic heterocycles. The lowest BCUT2D eigenvalue weighted by molar-refractivity contribution is -0.0566. The van der Waals surface area contributed by atoms with Crippen LogP contribution < -0.4 is 10.6 Å². The van der Waals surface area contributed by atoms with Gasteiger partial charge in [0.25, 0.3) is 0 Å². The highest BCUT2D eigenvalue weighted by Crippen LogP contribution is 2.21. The lowest BCUT2D eigenvalue weighted by Gasteiger charge is -2.31. The van der Waals surface area contributed by atoms with Crippen LogP contribution in [0.25, 0.3) is 0 Å². The van der Waals surface area contributed by atoms with Crippen LogP contribution in [0.5, 0.6) is 0 Å². The van der Waals surface area contributed by atoms with Crippen LogP contribution in [-0.2, 0) is 4.74 Å². The molecule has 0 aromatic heterocycles. The van der Waals surface area contributed by atoms with Crippen LogP contribution >= 0.6 is 0 Å². The minimum Gasteiger partial charge on any atom is -0.388 e. The third kappa shape index (κ3) is 5.49. The molecule has 0 aliphatic carbocycles. The minimum atomic E-state index is -0.741. The van der Waals surface area contributed by atoms with E-state index >= 15 is 0 Å². The molecule has 1 aliphatic rings. The molecule has 1 saturated heterocycles. The summed E-state index contributed by atoms with van der Waals surface area (Å²) < 4.78 is 5.32. The van der Waals surface area contributed by atoms with Gasteiger partial charge in [-0.25, -0.2) is 0 Å². The van der Waals surface area contributed by atoms with E-state index in [9.17, 15) is 5.11 Å². The molecule has 1 aromatic carbocycles. The summed E-state index contributed by atoms with van der Waals surface area (Å²) >= 11 is 0. The van der Waals surface area contributed by atoms with Crippen LogP contribution in [-0.4, -0.2) is 49.0 Å². The molecule has 3 N–H and O–H groups in total. The minimum absolute atomic E-state index is 0.231. The Hall–Kier alpha value is -1.59. The second-order valence-electron chi connectivity index (χ2n) is 6.66. The first-order valence-corrected chi connectivity index (χ1v) is 8.94. The van der Waals surface area contributed by atoms with Crippen LogP contribution in [0, 0.1) is 0 Å². The fourth-order valence-corrected chi connectivity index (χ4v) is 2.84. The summed E-state index contributed by atoms with van der Waals surface area (Å²) in [6.45, 7) is 8.83. The van der Waals surface area contributed by atoms with Gasteiger partial charge < -0.3 is 20.5 Å². The first-order chi connectivity index (χ1) is 11.5. The fraction of sp³-hybridized carbons (Fsp3) is 0.632. The molecule has 1 heterocycles. The van der Waals surface area contributed by atoms with Crippen LogP contribution in [0.4, 0.5) is 0 Å². The predicted octanol–water partition coefficient (Wildman–Crippen LogP) is 2.28. The van der Waals surface area contributed by atoms with Gasteiger partial charge >= 0.3 is 0 Å². The van der Waals surface area contributed by atoms with E-state index in [1.165, 1.54) is 5.56 Å². The van der Waals surface area contributed by atoms with E-state index in [-0.39, 0.29) is 6.04 Å². The van der Waals surface area contributed by atoms with Gasteiger partial charge in [0.05, 0.1) is 12.1 Å². The molecular weight excluding hydrogens is 302 g/mol. The monoisotopic (exact) mass is 333 g/mol. The van der Waals surface area contributed by atoms with Crippen LogP contribution in [0.2, 0.25) is 0 Å². The summed E-state index contributed by atoms with van der Waals surface area (Å²) in [6.07, 6.45) is 1.29. The van der Waals surface area contributed by atoms with Crippen molar-refractivity contribution in [2.75, 3.05) is 26.3 Å². The van der Waals surface area contributed by atoms with Gasteiger partial charge in [-0.3, -0.25) is 4.99 Å². The van der Waals surface area contributed by atoms with Crippen molar-refractivity contribution < 1.29 is 9.84 Å². The van der Waals surface area contributed by atoms with E-state index in [1.54, 1.807) is 0 Å². The molecule has 2 unspecified atom stereocenters. The van der Waals surface area contributed by atoms with E-state index in [1.807, 2.05) is 13.0 Å². The maximum atomic E-state index is 10.6. The fourth-order valence-electron chi connectivity index (χ4n) is 2.84. The van der Waals surface area contributed by atoms with E-state index in [0.717, 1.165) is 12.5 Å². The second kappa shape index (κ2) is 9.04. The average Bonchev–Trinajstić information content (AvgIpc) is 2.60. The van der Waals surface area contributed by atoms with Gasteiger partial charge in [0, 0.05) is 44.6 Å². The molecule has 134 valence electrons. The highest BCUT2D eigenvalue weighted by Gasteiger charge is 2.29. The Kier molecular flexibility index (Phi) is 7.06. The van der Waals surface area contributed by atoms with E-state index < -0.39 is 5.60 Å². The second-order valence-corrected chi connectivity index (χ2v) is 6.66. The van der Waals surface area contributed by atoms with Gasteiger partial charge in [-0.15, -0.1) is 0 Å². The molecule has 0 radical (unpaired) electrons. The maximum absolute atomic E-state index is 10.6. The van der Waals surface area contributed by atoms with Crippen molar-refractivity contribution in [3.63, 3.8) is 0 Å². The molecule has 5 nitrogen and oxygen atoms in total. The molecule has 0 saturated carbocycles. The number of guanidine groups is 1. The smallest absolute Gasteiger partial charge is 0.191 e. The van der Waals surface area contributed by atoms with Gasteiger partial charge in [0.2, 0.25) is 0 Å². The van der Waals surface area contributed by atoms with Crippen LogP contribution in [0.1, 0.15) is 45.1 Å². The number of benzene rings is 1. The lowest BCUT2D eigenvalue weighted by Crippen LogP contribution is -2.46. The number of nitrogens with one attached hydrogen (secondary N) is 2. The molecule has 0 spiro atoms. The summed E-state index contributed by atoms with van der Waals surface area (Å²) in [6, 6.07) is 10.7. The summed E-state index contributed by atoms with van der Waals surface area (Å²) in [7, 11) is 0. The topological polar surface area (TPSA) is 65.9 Å². The quantitative estimate of drug-likeness (QED) is 0.552. The lowest BCUT2D eigenvalue weighted by atomic mass is 9.94.